The molecule has 2 aromatic rings. The second-order valence-electron chi connectivity index (χ2n) is 7.15. The first-order valence-electron chi connectivity index (χ1n) is 9.89. The lowest BCUT2D eigenvalue weighted by molar-refractivity contribution is -0.124. The number of amides is 3. The van der Waals surface area contributed by atoms with E-state index in [-0.39, 0.29) is 17.7 Å². The smallest absolute Gasteiger partial charge is 0.262 e. The summed E-state index contributed by atoms with van der Waals surface area (Å²) in [6.07, 6.45) is 2.38. The summed E-state index contributed by atoms with van der Waals surface area (Å²) in [7, 11) is 0. The van der Waals surface area contributed by atoms with Crippen LogP contribution in [0, 0.1) is 6.92 Å². The minimum absolute atomic E-state index is 0.269. The molecule has 2 aromatic carbocycles. The molecular formula is C23H26N2O3S2. The molecule has 1 aliphatic rings. The monoisotopic (exact) mass is 442 g/mol. The summed E-state index contributed by atoms with van der Waals surface area (Å²) in [4.78, 5) is 39.6. The van der Waals surface area contributed by atoms with Gasteiger partial charge >= 0.3 is 0 Å². The van der Waals surface area contributed by atoms with Crippen molar-refractivity contribution in [3.63, 3.8) is 0 Å². The highest BCUT2D eigenvalue weighted by molar-refractivity contribution is 7.98. The molecule has 7 heteroatoms. The van der Waals surface area contributed by atoms with Crippen molar-refractivity contribution in [3.05, 3.63) is 70.8 Å². The van der Waals surface area contributed by atoms with Gasteiger partial charge in [-0.3, -0.25) is 19.3 Å². The maximum absolute atomic E-state index is 12.9. The summed E-state index contributed by atoms with van der Waals surface area (Å²) in [5, 5.41) is 2.92. The molecule has 0 saturated carbocycles. The Balaban J connectivity index is 1.56. The van der Waals surface area contributed by atoms with Gasteiger partial charge in [-0.2, -0.15) is 23.5 Å². The van der Waals surface area contributed by atoms with Crippen LogP contribution in [0.1, 0.15) is 38.3 Å². The molecule has 1 aliphatic heterocycles. The van der Waals surface area contributed by atoms with Crippen molar-refractivity contribution in [1.82, 2.24) is 10.2 Å². The second-order valence-corrected chi connectivity index (χ2v) is 9.24. The zero-order valence-electron chi connectivity index (χ0n) is 17.2. The third-order valence-electron chi connectivity index (χ3n) is 4.97. The van der Waals surface area contributed by atoms with E-state index in [1.807, 2.05) is 6.26 Å². The molecule has 0 radical (unpaired) electrons. The highest BCUT2D eigenvalue weighted by Crippen LogP contribution is 2.26. The van der Waals surface area contributed by atoms with Gasteiger partial charge in [0.2, 0.25) is 5.91 Å². The maximum atomic E-state index is 12.9. The van der Waals surface area contributed by atoms with Gasteiger partial charge in [0.05, 0.1) is 11.1 Å². The van der Waals surface area contributed by atoms with Gasteiger partial charge in [0.25, 0.3) is 11.8 Å². The van der Waals surface area contributed by atoms with Crippen LogP contribution in [0.4, 0.5) is 0 Å². The summed E-state index contributed by atoms with van der Waals surface area (Å²) < 4.78 is 0. The zero-order valence-corrected chi connectivity index (χ0v) is 18.9. The number of rotatable bonds is 10. The van der Waals surface area contributed by atoms with E-state index in [0.29, 0.717) is 29.8 Å². The molecule has 1 N–H and O–H groups in total. The first-order chi connectivity index (χ1) is 14.5. The Bertz CT molecular complexity index is 880. The van der Waals surface area contributed by atoms with Crippen LogP contribution >= 0.6 is 23.5 Å². The summed E-state index contributed by atoms with van der Waals surface area (Å²) in [5.74, 6) is 1.29. The molecule has 0 spiro atoms. The lowest BCUT2D eigenvalue weighted by Gasteiger charge is -2.25. The molecule has 0 aliphatic carbocycles. The van der Waals surface area contributed by atoms with Crippen molar-refractivity contribution in [2.75, 3.05) is 24.3 Å². The highest BCUT2D eigenvalue weighted by atomic mass is 32.2. The SMILES string of the molecule is CSCCC(C(=O)NCCSCc1ccc(C)cc1)N1C(=O)c2ccccc2C1=O. The summed E-state index contributed by atoms with van der Waals surface area (Å²) in [5.41, 5.74) is 3.23. The topological polar surface area (TPSA) is 66.5 Å². The average molecular weight is 443 g/mol. The van der Waals surface area contributed by atoms with Gasteiger partial charge in [-0.25, -0.2) is 0 Å². The molecule has 30 heavy (non-hydrogen) atoms. The molecule has 1 heterocycles. The van der Waals surface area contributed by atoms with Crippen LogP contribution in [0.2, 0.25) is 0 Å². The van der Waals surface area contributed by atoms with E-state index >= 15 is 0 Å². The van der Waals surface area contributed by atoms with Crippen molar-refractivity contribution in [1.29, 1.82) is 0 Å². The molecule has 1 atom stereocenters. The van der Waals surface area contributed by atoms with E-state index in [9.17, 15) is 14.4 Å². The molecule has 3 amide bonds. The first kappa shape index (κ1) is 22.4. The van der Waals surface area contributed by atoms with Crippen LogP contribution < -0.4 is 5.32 Å². The Morgan fingerprint density at radius 1 is 1.00 bits per heavy atom. The van der Waals surface area contributed by atoms with Crippen molar-refractivity contribution in [3.8, 4) is 0 Å². The van der Waals surface area contributed by atoms with E-state index in [1.54, 1.807) is 47.8 Å². The quantitative estimate of drug-likeness (QED) is 0.448. The lowest BCUT2D eigenvalue weighted by Crippen LogP contribution is -2.50. The highest BCUT2D eigenvalue weighted by Gasteiger charge is 2.42. The normalized spacial score (nSPS) is 14.0. The second kappa shape index (κ2) is 10.7. The largest absolute Gasteiger partial charge is 0.353 e. The van der Waals surface area contributed by atoms with Crippen LogP contribution in [0.3, 0.4) is 0 Å². The van der Waals surface area contributed by atoms with E-state index in [4.69, 9.17) is 0 Å². The predicted octanol–water partition coefficient (Wildman–Crippen LogP) is 3.76. The number of fused-ring (bicyclic) bond motifs is 1. The minimum atomic E-state index is -0.785. The molecule has 0 fully saturated rings. The van der Waals surface area contributed by atoms with Gasteiger partial charge in [0.15, 0.2) is 0 Å². The Labute approximate surface area is 186 Å². The van der Waals surface area contributed by atoms with Crippen LogP contribution in [0.15, 0.2) is 48.5 Å². The van der Waals surface area contributed by atoms with Gasteiger partial charge in [-0.05, 0) is 43.0 Å². The fraction of sp³-hybridized carbons (Fsp3) is 0.348. The van der Waals surface area contributed by atoms with E-state index in [2.05, 4.69) is 36.5 Å². The van der Waals surface area contributed by atoms with Crippen molar-refractivity contribution in [2.24, 2.45) is 0 Å². The molecule has 3 rings (SSSR count). The molecular weight excluding hydrogens is 416 g/mol. The Morgan fingerprint density at radius 3 is 2.23 bits per heavy atom. The standard InChI is InChI=1S/C23H26N2O3S2/c1-16-7-9-17(10-8-16)15-30-14-12-24-21(26)20(11-13-29-2)25-22(27)18-5-3-4-6-19(18)23(25)28/h3-10,20H,11-15H2,1-2H3,(H,24,26). The van der Waals surface area contributed by atoms with Gasteiger partial charge in [-0.15, -0.1) is 0 Å². The summed E-state index contributed by atoms with van der Waals surface area (Å²) in [6, 6.07) is 14.4. The maximum Gasteiger partial charge on any atom is 0.262 e. The zero-order chi connectivity index (χ0) is 21.5. The van der Waals surface area contributed by atoms with E-state index in [1.165, 1.54) is 11.1 Å². The van der Waals surface area contributed by atoms with Gasteiger partial charge in [0, 0.05) is 18.1 Å². The third-order valence-corrected chi connectivity index (χ3v) is 6.64. The number of nitrogens with zero attached hydrogens (tertiary/aromatic N) is 1. The molecule has 0 bridgehead atoms. The number of imide groups is 1. The first-order valence-corrected chi connectivity index (χ1v) is 12.4. The molecule has 0 saturated heterocycles. The Hall–Kier alpha value is -2.25. The van der Waals surface area contributed by atoms with Gasteiger partial charge in [0.1, 0.15) is 6.04 Å². The number of carbonyl (C=O) groups excluding carboxylic acids is 3. The van der Waals surface area contributed by atoms with Gasteiger partial charge in [-0.1, -0.05) is 42.0 Å². The number of carbonyl (C=O) groups is 3. The number of thioether (sulfide) groups is 2. The molecule has 1 unspecified atom stereocenters. The number of hydrogen-bond donors (Lipinski definition) is 1. The van der Waals surface area contributed by atoms with Crippen molar-refractivity contribution in [2.45, 2.75) is 25.1 Å². The number of nitrogens with one attached hydrogen (secondary N) is 1. The van der Waals surface area contributed by atoms with Crippen molar-refractivity contribution < 1.29 is 14.4 Å². The van der Waals surface area contributed by atoms with Crippen LogP contribution in [-0.2, 0) is 10.5 Å². The van der Waals surface area contributed by atoms with E-state index in [0.717, 1.165) is 16.4 Å². The fourth-order valence-corrected chi connectivity index (χ4v) is 4.61. The predicted molar refractivity (Wildman–Crippen MR) is 124 cm³/mol. The lowest BCUT2D eigenvalue weighted by atomic mass is 10.1. The average Bonchev–Trinajstić information content (AvgIpc) is 3.00. The van der Waals surface area contributed by atoms with Crippen molar-refractivity contribution >= 4 is 41.2 Å². The van der Waals surface area contributed by atoms with Crippen LogP contribution in [-0.4, -0.2) is 53.0 Å². The Kier molecular flexibility index (Phi) is 7.99. The molecule has 0 aromatic heterocycles. The number of hydrogen-bond acceptors (Lipinski definition) is 5. The summed E-state index contributed by atoms with van der Waals surface area (Å²) >= 11 is 3.33. The number of benzene rings is 2. The van der Waals surface area contributed by atoms with Crippen LogP contribution in [0.5, 0.6) is 0 Å². The Morgan fingerprint density at radius 2 is 1.63 bits per heavy atom. The fourth-order valence-electron chi connectivity index (χ4n) is 3.34. The molecule has 5 nitrogen and oxygen atoms in total. The molecule has 158 valence electrons. The van der Waals surface area contributed by atoms with Crippen LogP contribution in [0.25, 0.3) is 0 Å². The summed E-state index contributed by atoms with van der Waals surface area (Å²) in [6.45, 7) is 2.56. The van der Waals surface area contributed by atoms with E-state index < -0.39 is 6.04 Å². The van der Waals surface area contributed by atoms with Gasteiger partial charge < -0.3 is 5.32 Å². The minimum Gasteiger partial charge on any atom is -0.353 e. The third kappa shape index (κ3) is 5.26. The number of aryl methyl sites for hydroxylation is 1.